The van der Waals surface area contributed by atoms with Crippen molar-refractivity contribution in [2.75, 3.05) is 5.32 Å². The summed E-state index contributed by atoms with van der Waals surface area (Å²) in [5.74, 6) is 0. The molecule has 19 heavy (non-hydrogen) atoms. The topological polar surface area (TPSA) is 12.0 Å². The van der Waals surface area contributed by atoms with Crippen molar-refractivity contribution >= 4 is 65.1 Å². The fraction of sp³-hybridized carbons (Fsp3) is 0.143. The van der Waals surface area contributed by atoms with Crippen molar-refractivity contribution in [2.45, 2.75) is 13.5 Å². The van der Waals surface area contributed by atoms with E-state index in [4.69, 9.17) is 11.6 Å². The minimum atomic E-state index is 0.696. The molecule has 0 amide bonds. The highest BCUT2D eigenvalue weighted by atomic mass is 79.9. The second-order valence-electron chi connectivity index (χ2n) is 4.19. The summed E-state index contributed by atoms with van der Waals surface area (Å²) in [5.41, 5.74) is 3.36. The number of anilines is 1. The van der Waals surface area contributed by atoms with Gasteiger partial charge in [-0.3, -0.25) is 0 Å². The molecular weight excluding hydrogens is 457 g/mol. The molecule has 0 aromatic heterocycles. The lowest BCUT2D eigenvalue weighted by atomic mass is 10.2. The lowest BCUT2D eigenvalue weighted by Gasteiger charge is -2.13. The molecule has 5 heteroatoms. The van der Waals surface area contributed by atoms with E-state index in [2.05, 4.69) is 72.2 Å². The molecule has 0 aliphatic rings. The highest BCUT2D eigenvalue weighted by Gasteiger charge is 2.07. The first kappa shape index (κ1) is 15.4. The summed E-state index contributed by atoms with van der Waals surface area (Å²) in [6, 6.07) is 9.94. The van der Waals surface area contributed by atoms with E-state index < -0.39 is 0 Å². The second-order valence-corrected chi connectivity index (χ2v) is 7.19. The molecule has 0 spiro atoms. The van der Waals surface area contributed by atoms with Crippen LogP contribution in [0.1, 0.15) is 11.1 Å². The van der Waals surface area contributed by atoms with Gasteiger partial charge in [0.25, 0.3) is 0 Å². The Labute approximate surface area is 143 Å². The van der Waals surface area contributed by atoms with Gasteiger partial charge < -0.3 is 5.32 Å². The SMILES string of the molecule is Cc1cc(Br)c(NCc2cc(Cl)ccc2Br)c(Br)c1. The molecule has 1 nitrogen and oxygen atoms in total. The minimum absolute atomic E-state index is 0.696. The fourth-order valence-electron chi connectivity index (χ4n) is 1.73. The second kappa shape index (κ2) is 6.61. The molecule has 0 bridgehead atoms. The quantitative estimate of drug-likeness (QED) is 0.539. The smallest absolute Gasteiger partial charge is 0.0631 e. The molecule has 0 radical (unpaired) electrons. The summed E-state index contributed by atoms with van der Waals surface area (Å²) in [7, 11) is 0. The van der Waals surface area contributed by atoms with Crippen LogP contribution in [0.4, 0.5) is 5.69 Å². The summed E-state index contributed by atoms with van der Waals surface area (Å²) in [6.07, 6.45) is 0. The number of benzene rings is 2. The van der Waals surface area contributed by atoms with Crippen LogP contribution in [0, 0.1) is 6.92 Å². The molecule has 2 aromatic rings. The van der Waals surface area contributed by atoms with Gasteiger partial charge in [0.15, 0.2) is 0 Å². The first-order valence-corrected chi connectivity index (χ1v) is 8.36. The Morgan fingerprint density at radius 3 is 2.26 bits per heavy atom. The summed E-state index contributed by atoms with van der Waals surface area (Å²) >= 11 is 16.7. The molecule has 0 heterocycles. The van der Waals surface area contributed by atoms with Gasteiger partial charge >= 0.3 is 0 Å². The van der Waals surface area contributed by atoms with Gasteiger partial charge in [-0.05, 0) is 80.2 Å². The summed E-state index contributed by atoms with van der Waals surface area (Å²) in [4.78, 5) is 0. The molecule has 1 N–H and O–H groups in total. The zero-order valence-electron chi connectivity index (χ0n) is 10.1. The number of halogens is 4. The van der Waals surface area contributed by atoms with Crippen molar-refractivity contribution in [3.05, 3.63) is 59.9 Å². The van der Waals surface area contributed by atoms with Crippen molar-refractivity contribution in [1.29, 1.82) is 0 Å². The maximum atomic E-state index is 6.01. The third-order valence-corrected chi connectivity index (χ3v) is 4.91. The predicted octanol–water partition coefficient (Wildman–Crippen LogP) is 6.55. The molecule has 0 aliphatic carbocycles. The number of rotatable bonds is 3. The van der Waals surface area contributed by atoms with E-state index in [1.807, 2.05) is 18.2 Å². The maximum Gasteiger partial charge on any atom is 0.0631 e. The molecular formula is C14H11Br3ClN. The number of hydrogen-bond donors (Lipinski definition) is 1. The van der Waals surface area contributed by atoms with Crippen LogP contribution in [-0.4, -0.2) is 0 Å². The molecule has 2 aromatic carbocycles. The van der Waals surface area contributed by atoms with Crippen LogP contribution in [0.5, 0.6) is 0 Å². The molecule has 0 atom stereocenters. The van der Waals surface area contributed by atoms with Crippen molar-refractivity contribution < 1.29 is 0 Å². The Kier molecular flexibility index (Phi) is 5.35. The Morgan fingerprint density at radius 1 is 1.00 bits per heavy atom. The van der Waals surface area contributed by atoms with E-state index in [0.717, 1.165) is 29.7 Å². The fourth-order valence-corrected chi connectivity index (χ4v) is 4.01. The lowest BCUT2D eigenvalue weighted by molar-refractivity contribution is 1.13. The molecule has 100 valence electrons. The Balaban J connectivity index is 2.21. The molecule has 0 saturated heterocycles. The lowest BCUT2D eigenvalue weighted by Crippen LogP contribution is -2.02. The van der Waals surface area contributed by atoms with Crippen LogP contribution in [0.2, 0.25) is 5.02 Å². The average molecular weight is 468 g/mol. The monoisotopic (exact) mass is 465 g/mol. The number of aryl methyl sites for hydroxylation is 1. The van der Waals surface area contributed by atoms with Crippen LogP contribution >= 0.6 is 59.4 Å². The Bertz CT molecular complexity index is 591. The zero-order chi connectivity index (χ0) is 14.0. The van der Waals surface area contributed by atoms with E-state index in [-0.39, 0.29) is 0 Å². The van der Waals surface area contributed by atoms with E-state index in [1.165, 1.54) is 5.56 Å². The van der Waals surface area contributed by atoms with Crippen molar-refractivity contribution in [3.63, 3.8) is 0 Å². The van der Waals surface area contributed by atoms with E-state index in [9.17, 15) is 0 Å². The van der Waals surface area contributed by atoms with Gasteiger partial charge in [-0.2, -0.15) is 0 Å². The molecule has 0 unspecified atom stereocenters. The van der Waals surface area contributed by atoms with Crippen molar-refractivity contribution in [1.82, 2.24) is 0 Å². The first-order chi connectivity index (χ1) is 8.97. The highest BCUT2D eigenvalue weighted by molar-refractivity contribution is 9.11. The maximum absolute atomic E-state index is 6.01. The number of nitrogens with one attached hydrogen (secondary N) is 1. The van der Waals surface area contributed by atoms with E-state index in [0.29, 0.717) is 6.54 Å². The highest BCUT2D eigenvalue weighted by Crippen LogP contribution is 2.33. The van der Waals surface area contributed by atoms with Crippen molar-refractivity contribution in [2.24, 2.45) is 0 Å². The third kappa shape index (κ3) is 3.97. The Hall–Kier alpha value is -0.0300. The molecule has 2 rings (SSSR count). The standard InChI is InChI=1S/C14H11Br3ClN/c1-8-4-12(16)14(13(17)5-8)19-7-9-6-10(18)2-3-11(9)15/h2-6,19H,7H2,1H3. The average Bonchev–Trinajstić information content (AvgIpc) is 2.32. The predicted molar refractivity (Wildman–Crippen MR) is 93.1 cm³/mol. The largest absolute Gasteiger partial charge is 0.379 e. The Morgan fingerprint density at radius 2 is 1.63 bits per heavy atom. The summed E-state index contributed by atoms with van der Waals surface area (Å²) < 4.78 is 3.12. The van der Waals surface area contributed by atoms with Gasteiger partial charge in [0, 0.05) is 25.0 Å². The van der Waals surface area contributed by atoms with Crippen LogP contribution in [-0.2, 0) is 6.54 Å². The van der Waals surface area contributed by atoms with Crippen LogP contribution in [0.25, 0.3) is 0 Å². The normalized spacial score (nSPS) is 10.6. The van der Waals surface area contributed by atoms with E-state index in [1.54, 1.807) is 0 Å². The van der Waals surface area contributed by atoms with Gasteiger partial charge in [0.1, 0.15) is 0 Å². The molecule has 0 saturated carbocycles. The van der Waals surface area contributed by atoms with Gasteiger partial charge in [-0.15, -0.1) is 0 Å². The minimum Gasteiger partial charge on any atom is -0.379 e. The zero-order valence-corrected chi connectivity index (χ0v) is 15.6. The molecule has 0 fully saturated rings. The van der Waals surface area contributed by atoms with Gasteiger partial charge in [0.05, 0.1) is 5.69 Å². The van der Waals surface area contributed by atoms with Crippen LogP contribution in [0.3, 0.4) is 0 Å². The summed E-state index contributed by atoms with van der Waals surface area (Å²) in [6.45, 7) is 2.76. The first-order valence-electron chi connectivity index (χ1n) is 5.61. The van der Waals surface area contributed by atoms with E-state index >= 15 is 0 Å². The van der Waals surface area contributed by atoms with Gasteiger partial charge in [-0.1, -0.05) is 27.5 Å². The van der Waals surface area contributed by atoms with Crippen LogP contribution < -0.4 is 5.32 Å². The van der Waals surface area contributed by atoms with Crippen molar-refractivity contribution in [3.8, 4) is 0 Å². The van der Waals surface area contributed by atoms with Gasteiger partial charge in [-0.25, -0.2) is 0 Å². The van der Waals surface area contributed by atoms with Crippen LogP contribution in [0.15, 0.2) is 43.7 Å². The number of hydrogen-bond acceptors (Lipinski definition) is 1. The molecule has 0 aliphatic heterocycles. The van der Waals surface area contributed by atoms with Gasteiger partial charge in [0.2, 0.25) is 0 Å². The third-order valence-electron chi connectivity index (χ3n) is 2.65. The summed E-state index contributed by atoms with van der Waals surface area (Å²) in [5, 5.41) is 4.15.